The van der Waals surface area contributed by atoms with E-state index in [4.69, 9.17) is 22.1 Å². The molecule has 2 aromatic rings. The number of carbonyl (C=O) groups excluding carboxylic acids is 3. The van der Waals surface area contributed by atoms with E-state index >= 15 is 0 Å². The minimum Gasteiger partial charge on any atom is -0.454 e. The molecule has 0 bridgehead atoms. The van der Waals surface area contributed by atoms with Crippen LogP contribution < -0.4 is 11.1 Å². The van der Waals surface area contributed by atoms with Crippen LogP contribution in [0.5, 0.6) is 0 Å². The van der Waals surface area contributed by atoms with Crippen LogP contribution in [0.1, 0.15) is 30.1 Å². The molecule has 11 heteroatoms. The number of hydrogen-bond donors (Lipinski definition) is 2. The number of aryl methyl sites for hydroxylation is 1. The number of hydrogen-bond acceptors (Lipinski definition) is 6. The lowest BCUT2D eigenvalue weighted by Gasteiger charge is -2.16. The van der Waals surface area contributed by atoms with Crippen molar-refractivity contribution in [2.24, 2.45) is 5.73 Å². The zero-order valence-electron chi connectivity index (χ0n) is 17.6. The first kappa shape index (κ1) is 23.7. The largest absolute Gasteiger partial charge is 0.454 e. The number of rotatable bonds is 8. The molecule has 1 aliphatic rings. The molecule has 1 fully saturated rings. The standard InChI is InChI=1S/C21H25ClFN5O4/c1-2-28-19(16(22)10-26-28)13-7-14(9-15(23)8-13)20(30)25-11-17(24)21(31)32-12-18(29)27-5-3-4-6-27/h7-10,17H,2-6,11-12,24H2,1H3,(H,25,30). The van der Waals surface area contributed by atoms with Crippen LogP contribution in [0.2, 0.25) is 5.02 Å². The number of nitrogens with one attached hydrogen (secondary N) is 1. The number of halogens is 2. The van der Waals surface area contributed by atoms with Crippen LogP contribution in [0.25, 0.3) is 11.3 Å². The third-order valence-electron chi connectivity index (χ3n) is 5.11. The van der Waals surface area contributed by atoms with Crippen LogP contribution >= 0.6 is 11.6 Å². The molecule has 9 nitrogen and oxygen atoms in total. The van der Waals surface area contributed by atoms with E-state index in [2.05, 4.69) is 10.4 Å². The molecule has 0 aliphatic carbocycles. The van der Waals surface area contributed by atoms with Crippen molar-refractivity contribution in [1.29, 1.82) is 0 Å². The number of nitrogens with zero attached hydrogens (tertiary/aromatic N) is 3. The second kappa shape index (κ2) is 10.6. The van der Waals surface area contributed by atoms with Crippen LogP contribution in [-0.2, 0) is 20.9 Å². The lowest BCUT2D eigenvalue weighted by atomic mass is 10.1. The molecule has 1 saturated heterocycles. The molecule has 2 amide bonds. The Morgan fingerprint density at radius 3 is 2.69 bits per heavy atom. The minimum atomic E-state index is -1.17. The third-order valence-corrected chi connectivity index (χ3v) is 5.39. The summed E-state index contributed by atoms with van der Waals surface area (Å²) in [5, 5.41) is 6.93. The van der Waals surface area contributed by atoms with E-state index in [-0.39, 0.29) is 24.6 Å². The first-order chi connectivity index (χ1) is 15.3. The topological polar surface area (TPSA) is 120 Å². The summed E-state index contributed by atoms with van der Waals surface area (Å²) in [6, 6.07) is 2.63. The molecule has 1 aromatic carbocycles. The fourth-order valence-electron chi connectivity index (χ4n) is 3.43. The van der Waals surface area contributed by atoms with Gasteiger partial charge in [-0.05, 0) is 38.0 Å². The van der Waals surface area contributed by atoms with Gasteiger partial charge in [-0.15, -0.1) is 0 Å². The number of amides is 2. The zero-order chi connectivity index (χ0) is 23.3. The zero-order valence-corrected chi connectivity index (χ0v) is 18.4. The number of likely N-dealkylation sites (tertiary alicyclic amines) is 1. The summed E-state index contributed by atoms with van der Waals surface area (Å²) in [6.45, 7) is 3.04. The molecular formula is C21H25ClFN5O4. The molecule has 0 radical (unpaired) electrons. The quantitative estimate of drug-likeness (QED) is 0.571. The van der Waals surface area contributed by atoms with E-state index < -0.39 is 23.7 Å². The predicted molar refractivity (Wildman–Crippen MR) is 115 cm³/mol. The molecule has 3 N–H and O–H groups in total. The van der Waals surface area contributed by atoms with E-state index in [0.717, 1.165) is 18.9 Å². The van der Waals surface area contributed by atoms with Crippen molar-refractivity contribution in [3.63, 3.8) is 0 Å². The van der Waals surface area contributed by atoms with Gasteiger partial charge >= 0.3 is 5.97 Å². The maximum absolute atomic E-state index is 14.2. The molecule has 3 rings (SSSR count). The molecule has 2 heterocycles. The van der Waals surface area contributed by atoms with Gasteiger partial charge in [0.05, 0.1) is 16.9 Å². The van der Waals surface area contributed by atoms with Crippen LogP contribution in [-0.4, -0.2) is 64.7 Å². The van der Waals surface area contributed by atoms with Crippen molar-refractivity contribution in [3.8, 4) is 11.3 Å². The van der Waals surface area contributed by atoms with Gasteiger partial charge in [0.15, 0.2) is 6.61 Å². The maximum Gasteiger partial charge on any atom is 0.325 e. The molecule has 1 unspecified atom stereocenters. The summed E-state index contributed by atoms with van der Waals surface area (Å²) < 4.78 is 20.7. The van der Waals surface area contributed by atoms with E-state index in [1.807, 2.05) is 6.92 Å². The van der Waals surface area contributed by atoms with E-state index in [0.29, 0.717) is 35.9 Å². The maximum atomic E-state index is 14.2. The summed E-state index contributed by atoms with van der Waals surface area (Å²) in [7, 11) is 0. The second-order valence-electron chi connectivity index (χ2n) is 7.40. The van der Waals surface area contributed by atoms with Crippen LogP contribution in [0.4, 0.5) is 4.39 Å². The average molecular weight is 466 g/mol. The Labute approximate surface area is 189 Å². The number of carbonyl (C=O) groups is 3. The third kappa shape index (κ3) is 5.63. The molecule has 1 aromatic heterocycles. The van der Waals surface area contributed by atoms with Gasteiger partial charge in [0.2, 0.25) is 0 Å². The Balaban J connectivity index is 1.58. The summed E-state index contributed by atoms with van der Waals surface area (Å²) in [5.41, 5.74) is 6.68. The summed E-state index contributed by atoms with van der Waals surface area (Å²) in [6.07, 6.45) is 3.31. The molecule has 32 heavy (non-hydrogen) atoms. The fraction of sp³-hybridized carbons (Fsp3) is 0.429. The van der Waals surface area contributed by atoms with Gasteiger partial charge in [0.1, 0.15) is 11.9 Å². The van der Waals surface area contributed by atoms with Gasteiger partial charge in [-0.25, -0.2) is 4.39 Å². The smallest absolute Gasteiger partial charge is 0.325 e. The molecule has 0 spiro atoms. The molecule has 1 atom stereocenters. The normalized spacial score (nSPS) is 14.3. The van der Waals surface area contributed by atoms with Crippen LogP contribution in [0, 0.1) is 5.82 Å². The lowest BCUT2D eigenvalue weighted by Crippen LogP contribution is -2.44. The van der Waals surface area contributed by atoms with E-state index in [9.17, 15) is 18.8 Å². The second-order valence-corrected chi connectivity index (χ2v) is 7.80. The van der Waals surface area contributed by atoms with Gasteiger partial charge < -0.3 is 20.7 Å². The van der Waals surface area contributed by atoms with Crippen molar-refractivity contribution in [2.45, 2.75) is 32.4 Å². The first-order valence-electron chi connectivity index (χ1n) is 10.3. The van der Waals surface area contributed by atoms with Gasteiger partial charge in [0.25, 0.3) is 11.8 Å². The number of nitrogens with two attached hydrogens (primary N) is 1. The first-order valence-corrected chi connectivity index (χ1v) is 10.7. The Kier molecular flexibility index (Phi) is 7.81. The highest BCUT2D eigenvalue weighted by Gasteiger charge is 2.22. The summed E-state index contributed by atoms with van der Waals surface area (Å²) in [5.74, 6) is -2.33. The van der Waals surface area contributed by atoms with Crippen molar-refractivity contribution in [2.75, 3.05) is 26.2 Å². The lowest BCUT2D eigenvalue weighted by molar-refractivity contribution is -0.152. The van der Waals surface area contributed by atoms with Crippen LogP contribution in [0.15, 0.2) is 24.4 Å². The van der Waals surface area contributed by atoms with E-state index in [1.165, 1.54) is 18.3 Å². The number of aromatic nitrogens is 2. The SMILES string of the molecule is CCn1ncc(Cl)c1-c1cc(F)cc(C(=O)NCC(N)C(=O)OCC(=O)N2CCCC2)c1. The highest BCUT2D eigenvalue weighted by Crippen LogP contribution is 2.29. The van der Waals surface area contributed by atoms with Gasteiger partial charge in [-0.1, -0.05) is 11.6 Å². The molecule has 172 valence electrons. The highest BCUT2D eigenvalue weighted by molar-refractivity contribution is 6.33. The molecular weight excluding hydrogens is 441 g/mol. The fourth-order valence-corrected chi connectivity index (χ4v) is 3.68. The highest BCUT2D eigenvalue weighted by atomic mass is 35.5. The summed E-state index contributed by atoms with van der Waals surface area (Å²) >= 11 is 6.17. The monoisotopic (exact) mass is 465 g/mol. The average Bonchev–Trinajstić information content (AvgIpc) is 3.44. The van der Waals surface area contributed by atoms with Crippen molar-refractivity contribution < 1.29 is 23.5 Å². The minimum absolute atomic E-state index is 0.0321. The number of ether oxygens (including phenoxy) is 1. The van der Waals surface area contributed by atoms with Crippen molar-refractivity contribution in [1.82, 2.24) is 20.0 Å². The van der Waals surface area contributed by atoms with Crippen molar-refractivity contribution in [3.05, 3.63) is 40.8 Å². The Morgan fingerprint density at radius 1 is 1.28 bits per heavy atom. The summed E-state index contributed by atoms with van der Waals surface area (Å²) in [4.78, 5) is 38.1. The Hall–Kier alpha value is -2.98. The van der Waals surface area contributed by atoms with Gasteiger partial charge in [0, 0.05) is 37.3 Å². The predicted octanol–water partition coefficient (Wildman–Crippen LogP) is 1.59. The van der Waals surface area contributed by atoms with Gasteiger partial charge in [-0.2, -0.15) is 5.10 Å². The number of esters is 1. The van der Waals surface area contributed by atoms with Gasteiger partial charge in [-0.3, -0.25) is 19.1 Å². The molecule has 1 aliphatic heterocycles. The Bertz CT molecular complexity index is 1010. The van der Waals surface area contributed by atoms with Crippen molar-refractivity contribution >= 4 is 29.4 Å². The molecule has 0 saturated carbocycles. The Morgan fingerprint density at radius 2 is 2.00 bits per heavy atom. The van der Waals surface area contributed by atoms with E-state index in [1.54, 1.807) is 9.58 Å². The number of benzene rings is 1. The van der Waals surface area contributed by atoms with Crippen LogP contribution in [0.3, 0.4) is 0 Å².